The van der Waals surface area contributed by atoms with E-state index in [9.17, 15) is 14.7 Å². The van der Waals surface area contributed by atoms with Crippen LogP contribution in [0.25, 0.3) is 11.6 Å². The van der Waals surface area contributed by atoms with Crippen LogP contribution in [0.5, 0.6) is 0 Å². The Morgan fingerprint density at radius 3 is 2.77 bits per heavy atom. The highest BCUT2D eigenvalue weighted by atomic mass is 16.5. The molecule has 1 saturated carbocycles. The van der Waals surface area contributed by atoms with E-state index in [1.807, 2.05) is 0 Å². The standard InChI is InChI=1S/C18H23N3O5/c1-2-12-7-9-18(10-8-12,17(23)24)20-14(22)5-6-15-19-16(21-26-15)13-4-3-11-25-13/h3-4,11-12H,2,5-10H2,1H3,(H,20,22)(H,23,24). The molecule has 1 amide bonds. The highest BCUT2D eigenvalue weighted by Gasteiger charge is 2.42. The number of hydrogen-bond acceptors (Lipinski definition) is 6. The fraction of sp³-hybridized carbons (Fsp3) is 0.556. The molecule has 0 aromatic carbocycles. The van der Waals surface area contributed by atoms with Gasteiger partial charge in [0.15, 0.2) is 5.76 Å². The first-order valence-electron chi connectivity index (χ1n) is 8.93. The SMILES string of the molecule is CCC1CCC(NC(=O)CCc2nc(-c3ccco3)no2)(C(=O)O)CC1. The lowest BCUT2D eigenvalue weighted by Gasteiger charge is -2.37. The summed E-state index contributed by atoms with van der Waals surface area (Å²) < 4.78 is 10.3. The fourth-order valence-corrected chi connectivity index (χ4v) is 3.38. The van der Waals surface area contributed by atoms with Crippen LogP contribution >= 0.6 is 0 Å². The van der Waals surface area contributed by atoms with Gasteiger partial charge >= 0.3 is 5.97 Å². The number of rotatable bonds is 7. The van der Waals surface area contributed by atoms with Crippen LogP contribution in [0.1, 0.15) is 51.3 Å². The lowest BCUT2D eigenvalue weighted by Crippen LogP contribution is -2.56. The Morgan fingerprint density at radius 2 is 2.15 bits per heavy atom. The zero-order valence-electron chi connectivity index (χ0n) is 14.7. The van der Waals surface area contributed by atoms with E-state index in [0.29, 0.717) is 36.2 Å². The number of aromatic nitrogens is 2. The highest BCUT2D eigenvalue weighted by Crippen LogP contribution is 2.34. The van der Waals surface area contributed by atoms with Crippen LogP contribution in [0.3, 0.4) is 0 Å². The summed E-state index contributed by atoms with van der Waals surface area (Å²) in [6, 6.07) is 3.43. The van der Waals surface area contributed by atoms with E-state index < -0.39 is 11.5 Å². The van der Waals surface area contributed by atoms with Crippen molar-refractivity contribution in [3.63, 3.8) is 0 Å². The number of carbonyl (C=O) groups excluding carboxylic acids is 1. The molecule has 0 saturated heterocycles. The second-order valence-electron chi connectivity index (χ2n) is 6.78. The summed E-state index contributed by atoms with van der Waals surface area (Å²) in [7, 11) is 0. The maximum Gasteiger partial charge on any atom is 0.329 e. The van der Waals surface area contributed by atoms with Gasteiger partial charge < -0.3 is 19.4 Å². The summed E-state index contributed by atoms with van der Waals surface area (Å²) in [5.41, 5.74) is -1.16. The Kier molecular flexibility index (Phi) is 5.39. The lowest BCUT2D eigenvalue weighted by atomic mass is 9.75. The van der Waals surface area contributed by atoms with Crippen LogP contribution < -0.4 is 5.32 Å². The van der Waals surface area contributed by atoms with Crippen LogP contribution in [-0.4, -0.2) is 32.7 Å². The zero-order chi connectivity index (χ0) is 18.6. The molecule has 2 heterocycles. The molecule has 8 nitrogen and oxygen atoms in total. The molecule has 0 aliphatic heterocycles. The molecule has 1 aliphatic carbocycles. The summed E-state index contributed by atoms with van der Waals surface area (Å²) in [6.45, 7) is 2.11. The molecule has 3 rings (SSSR count). The number of amides is 1. The van der Waals surface area contributed by atoms with E-state index in [-0.39, 0.29) is 18.7 Å². The van der Waals surface area contributed by atoms with Crippen molar-refractivity contribution in [2.24, 2.45) is 5.92 Å². The van der Waals surface area contributed by atoms with E-state index in [0.717, 1.165) is 19.3 Å². The number of nitrogens with one attached hydrogen (secondary N) is 1. The normalized spacial score (nSPS) is 22.9. The molecule has 0 unspecified atom stereocenters. The van der Waals surface area contributed by atoms with Gasteiger partial charge in [-0.2, -0.15) is 4.98 Å². The van der Waals surface area contributed by atoms with Gasteiger partial charge in [0.2, 0.25) is 17.6 Å². The molecule has 0 atom stereocenters. The van der Waals surface area contributed by atoms with Gasteiger partial charge in [-0.05, 0) is 43.7 Å². The average Bonchev–Trinajstić information content (AvgIpc) is 3.32. The van der Waals surface area contributed by atoms with Gasteiger partial charge in [-0.15, -0.1) is 0 Å². The Labute approximate surface area is 151 Å². The molecule has 1 aliphatic rings. The molecule has 2 aromatic rings. The van der Waals surface area contributed by atoms with Crippen molar-refractivity contribution in [3.05, 3.63) is 24.3 Å². The summed E-state index contributed by atoms with van der Waals surface area (Å²) >= 11 is 0. The smallest absolute Gasteiger partial charge is 0.329 e. The average molecular weight is 361 g/mol. The van der Waals surface area contributed by atoms with Crippen LogP contribution in [0, 0.1) is 5.92 Å². The summed E-state index contributed by atoms with van der Waals surface area (Å²) in [6.07, 6.45) is 5.46. The second-order valence-corrected chi connectivity index (χ2v) is 6.78. The summed E-state index contributed by atoms with van der Waals surface area (Å²) in [5.74, 6) is 0.383. The Balaban J connectivity index is 1.55. The van der Waals surface area contributed by atoms with Crippen molar-refractivity contribution in [1.82, 2.24) is 15.5 Å². The lowest BCUT2D eigenvalue weighted by molar-refractivity contribution is -0.149. The quantitative estimate of drug-likeness (QED) is 0.778. The first-order valence-corrected chi connectivity index (χ1v) is 8.93. The molecule has 1 fully saturated rings. The fourth-order valence-electron chi connectivity index (χ4n) is 3.38. The number of aliphatic carboxylic acids is 1. The largest absolute Gasteiger partial charge is 0.480 e. The first-order chi connectivity index (χ1) is 12.5. The van der Waals surface area contributed by atoms with Gasteiger partial charge in [-0.25, -0.2) is 4.79 Å². The van der Waals surface area contributed by atoms with Gasteiger partial charge in [0.1, 0.15) is 5.54 Å². The van der Waals surface area contributed by atoms with Crippen LogP contribution in [0.15, 0.2) is 27.3 Å². The maximum absolute atomic E-state index is 12.3. The van der Waals surface area contributed by atoms with Gasteiger partial charge in [0.05, 0.1) is 6.26 Å². The maximum atomic E-state index is 12.3. The monoisotopic (exact) mass is 361 g/mol. The molecule has 0 bridgehead atoms. The first kappa shape index (κ1) is 18.2. The molecule has 0 spiro atoms. The van der Waals surface area contributed by atoms with Gasteiger partial charge in [-0.3, -0.25) is 4.79 Å². The molecule has 26 heavy (non-hydrogen) atoms. The molecule has 140 valence electrons. The van der Waals surface area contributed by atoms with E-state index in [1.165, 1.54) is 6.26 Å². The number of carboxylic acid groups (broad SMARTS) is 1. The minimum atomic E-state index is -1.16. The molecular formula is C18H23N3O5. The van der Waals surface area contributed by atoms with Crippen molar-refractivity contribution in [2.75, 3.05) is 0 Å². The van der Waals surface area contributed by atoms with E-state index in [4.69, 9.17) is 8.94 Å². The van der Waals surface area contributed by atoms with E-state index >= 15 is 0 Å². The highest BCUT2D eigenvalue weighted by molar-refractivity contribution is 5.87. The van der Waals surface area contributed by atoms with Crippen molar-refractivity contribution in [2.45, 2.75) is 57.4 Å². The summed E-state index contributed by atoms with van der Waals surface area (Å²) in [5, 5.41) is 16.2. The molecular weight excluding hydrogens is 338 g/mol. The van der Waals surface area contributed by atoms with Crippen molar-refractivity contribution in [1.29, 1.82) is 0 Å². The van der Waals surface area contributed by atoms with Gasteiger partial charge in [0.25, 0.3) is 0 Å². The van der Waals surface area contributed by atoms with Crippen LogP contribution in [0.2, 0.25) is 0 Å². The van der Waals surface area contributed by atoms with E-state index in [2.05, 4.69) is 22.4 Å². The third kappa shape index (κ3) is 3.95. The minimum Gasteiger partial charge on any atom is -0.480 e. The van der Waals surface area contributed by atoms with Crippen LogP contribution in [0.4, 0.5) is 0 Å². The number of carbonyl (C=O) groups is 2. The van der Waals surface area contributed by atoms with Gasteiger partial charge in [-0.1, -0.05) is 18.5 Å². The Bertz CT molecular complexity index is 745. The number of furan rings is 1. The third-order valence-electron chi connectivity index (χ3n) is 5.10. The zero-order valence-corrected chi connectivity index (χ0v) is 14.7. The number of carboxylic acids is 1. The number of hydrogen-bond donors (Lipinski definition) is 2. The predicted octanol–water partition coefficient (Wildman–Crippen LogP) is 2.80. The van der Waals surface area contributed by atoms with Crippen molar-refractivity contribution < 1.29 is 23.6 Å². The molecule has 0 radical (unpaired) electrons. The van der Waals surface area contributed by atoms with Crippen LogP contribution in [-0.2, 0) is 16.0 Å². The topological polar surface area (TPSA) is 118 Å². The van der Waals surface area contributed by atoms with Crippen molar-refractivity contribution >= 4 is 11.9 Å². The van der Waals surface area contributed by atoms with Gasteiger partial charge in [0, 0.05) is 12.8 Å². The second kappa shape index (κ2) is 7.72. The molecule has 8 heteroatoms. The Morgan fingerprint density at radius 1 is 1.38 bits per heavy atom. The number of aryl methyl sites for hydroxylation is 1. The van der Waals surface area contributed by atoms with E-state index in [1.54, 1.807) is 12.1 Å². The minimum absolute atomic E-state index is 0.0893. The van der Waals surface area contributed by atoms with Crippen molar-refractivity contribution in [3.8, 4) is 11.6 Å². The summed E-state index contributed by atoms with van der Waals surface area (Å²) in [4.78, 5) is 28.2. The third-order valence-corrected chi connectivity index (χ3v) is 5.10. The Hall–Kier alpha value is -2.64. The molecule has 2 aromatic heterocycles. The molecule has 2 N–H and O–H groups in total. The predicted molar refractivity (Wildman–Crippen MR) is 91.1 cm³/mol. The number of nitrogens with zero attached hydrogens (tertiary/aromatic N) is 2.